The number of hydrogen-bond acceptors (Lipinski definition) is 4. The van der Waals surface area contributed by atoms with Gasteiger partial charge in [0.15, 0.2) is 0 Å². The number of hydrogen-bond donors (Lipinski definition) is 2. The summed E-state index contributed by atoms with van der Waals surface area (Å²) in [6.07, 6.45) is 0. The number of amides is 1. The van der Waals surface area contributed by atoms with E-state index in [9.17, 15) is 4.79 Å². The fraction of sp³-hybridized carbons (Fsp3) is 0.294. The van der Waals surface area contributed by atoms with E-state index in [4.69, 9.17) is 17.3 Å². The molecule has 0 aliphatic rings. The van der Waals surface area contributed by atoms with Gasteiger partial charge >= 0.3 is 0 Å². The van der Waals surface area contributed by atoms with Crippen molar-refractivity contribution in [1.82, 2.24) is 15.1 Å². The molecule has 0 atom stereocenters. The maximum Gasteiger partial charge on any atom is 0.261 e. The molecule has 1 amide bonds. The number of aromatic nitrogens is 2. The van der Waals surface area contributed by atoms with Crippen LogP contribution in [0.1, 0.15) is 29.2 Å². The summed E-state index contributed by atoms with van der Waals surface area (Å²) in [5.74, 6) is -0.119. The molecule has 7 heteroatoms. The topological polar surface area (TPSA) is 72.9 Å². The quantitative estimate of drug-likeness (QED) is 0.745. The molecule has 0 spiro atoms. The minimum absolute atomic E-state index is 0.119. The second-order valence-corrected chi connectivity index (χ2v) is 7.94. The van der Waals surface area contributed by atoms with Crippen LogP contribution in [0.4, 0.5) is 0 Å². The summed E-state index contributed by atoms with van der Waals surface area (Å²) >= 11 is 7.49. The number of thiophene rings is 1. The molecule has 0 saturated heterocycles. The van der Waals surface area contributed by atoms with Crippen LogP contribution in [0.25, 0.3) is 15.9 Å². The molecule has 0 radical (unpaired) electrons. The van der Waals surface area contributed by atoms with E-state index in [1.54, 1.807) is 0 Å². The van der Waals surface area contributed by atoms with Gasteiger partial charge in [0.05, 0.1) is 16.3 Å². The molecule has 0 saturated carbocycles. The molecule has 0 unspecified atom stereocenters. The van der Waals surface area contributed by atoms with Crippen molar-refractivity contribution in [3.05, 3.63) is 45.9 Å². The number of nitrogens with one attached hydrogen (secondary N) is 1. The second kappa shape index (κ2) is 6.20. The Bertz CT molecular complexity index is 907. The van der Waals surface area contributed by atoms with E-state index in [1.165, 1.54) is 11.3 Å². The Morgan fingerprint density at radius 3 is 2.83 bits per heavy atom. The van der Waals surface area contributed by atoms with Gasteiger partial charge in [0.25, 0.3) is 5.91 Å². The summed E-state index contributed by atoms with van der Waals surface area (Å²) < 4.78 is 1.82. The molecule has 3 N–H and O–H groups in total. The van der Waals surface area contributed by atoms with Crippen molar-refractivity contribution in [3.8, 4) is 5.69 Å². The highest BCUT2D eigenvalue weighted by Gasteiger charge is 2.19. The summed E-state index contributed by atoms with van der Waals surface area (Å²) in [4.78, 5) is 13.9. The van der Waals surface area contributed by atoms with Crippen molar-refractivity contribution < 1.29 is 4.79 Å². The molecular weight excluding hydrogens is 344 g/mol. The monoisotopic (exact) mass is 362 g/mol. The van der Waals surface area contributed by atoms with Crippen LogP contribution in [0.2, 0.25) is 5.02 Å². The first-order valence-corrected chi connectivity index (χ1v) is 8.76. The number of carbonyl (C=O) groups excluding carboxylic acids is 1. The van der Waals surface area contributed by atoms with Crippen LogP contribution >= 0.6 is 22.9 Å². The van der Waals surface area contributed by atoms with Crippen molar-refractivity contribution >= 4 is 39.1 Å². The molecular formula is C17H19ClN4OS. The standard InChI is InChI=1S/C17H19ClN4OS/c1-10-13-8-14(15(23)20-9-17(2,3)19)24-16(13)22(21-10)12-6-4-5-11(18)7-12/h4-8H,9,19H2,1-3H3,(H,20,23). The Morgan fingerprint density at radius 2 is 2.17 bits per heavy atom. The van der Waals surface area contributed by atoms with E-state index in [2.05, 4.69) is 10.4 Å². The molecule has 0 fully saturated rings. The molecule has 0 aliphatic carbocycles. The Labute approximate surface area is 149 Å². The number of fused-ring (bicyclic) bond motifs is 1. The normalized spacial score (nSPS) is 11.9. The van der Waals surface area contributed by atoms with Crippen LogP contribution < -0.4 is 11.1 Å². The molecule has 126 valence electrons. The Kier molecular flexibility index (Phi) is 4.38. The third-order valence-electron chi connectivity index (χ3n) is 3.53. The molecule has 3 aromatic rings. The van der Waals surface area contributed by atoms with Crippen LogP contribution in [0.5, 0.6) is 0 Å². The summed E-state index contributed by atoms with van der Waals surface area (Å²) in [6, 6.07) is 9.37. The third-order valence-corrected chi connectivity index (χ3v) is 4.87. The van der Waals surface area contributed by atoms with Crippen molar-refractivity contribution in [2.24, 2.45) is 5.73 Å². The number of nitrogens with zero attached hydrogens (tertiary/aromatic N) is 2. The molecule has 3 rings (SSSR count). The number of benzene rings is 1. The van der Waals surface area contributed by atoms with E-state index < -0.39 is 5.54 Å². The van der Waals surface area contributed by atoms with Crippen molar-refractivity contribution in [2.75, 3.05) is 6.54 Å². The number of nitrogens with two attached hydrogens (primary N) is 1. The Morgan fingerprint density at radius 1 is 1.42 bits per heavy atom. The fourth-order valence-electron chi connectivity index (χ4n) is 2.34. The number of rotatable bonds is 4. The van der Waals surface area contributed by atoms with Gasteiger partial charge in [-0.3, -0.25) is 4.79 Å². The van der Waals surface area contributed by atoms with Gasteiger partial charge in [0, 0.05) is 22.5 Å². The lowest BCUT2D eigenvalue weighted by molar-refractivity contribution is 0.0950. The Balaban J connectivity index is 1.97. The van der Waals surface area contributed by atoms with Gasteiger partial charge in [-0.25, -0.2) is 4.68 Å². The molecule has 5 nitrogen and oxygen atoms in total. The lowest BCUT2D eigenvalue weighted by atomic mass is 10.1. The van der Waals surface area contributed by atoms with Gasteiger partial charge < -0.3 is 11.1 Å². The van der Waals surface area contributed by atoms with Gasteiger partial charge in [-0.05, 0) is 45.0 Å². The van der Waals surface area contributed by atoms with Gasteiger partial charge in [-0.1, -0.05) is 17.7 Å². The maximum absolute atomic E-state index is 12.4. The average molecular weight is 363 g/mol. The average Bonchev–Trinajstić information content (AvgIpc) is 3.05. The van der Waals surface area contributed by atoms with Crippen LogP contribution in [0.15, 0.2) is 30.3 Å². The predicted molar refractivity (Wildman–Crippen MR) is 99.3 cm³/mol. The van der Waals surface area contributed by atoms with Crippen LogP contribution in [-0.4, -0.2) is 27.8 Å². The highest BCUT2D eigenvalue weighted by Crippen LogP contribution is 2.30. The number of aryl methyl sites for hydroxylation is 1. The van der Waals surface area contributed by atoms with Gasteiger partial charge in [-0.2, -0.15) is 5.10 Å². The third kappa shape index (κ3) is 3.45. The number of carbonyl (C=O) groups is 1. The zero-order valence-electron chi connectivity index (χ0n) is 13.8. The van der Waals surface area contributed by atoms with Crippen LogP contribution in [0, 0.1) is 6.92 Å². The van der Waals surface area contributed by atoms with E-state index in [0.717, 1.165) is 21.6 Å². The van der Waals surface area contributed by atoms with E-state index in [-0.39, 0.29) is 5.91 Å². The van der Waals surface area contributed by atoms with Crippen LogP contribution in [0.3, 0.4) is 0 Å². The van der Waals surface area contributed by atoms with Gasteiger partial charge in [0.1, 0.15) is 4.83 Å². The summed E-state index contributed by atoms with van der Waals surface area (Å²) in [6.45, 7) is 6.10. The van der Waals surface area contributed by atoms with Gasteiger partial charge in [0.2, 0.25) is 0 Å². The molecule has 2 heterocycles. The number of halogens is 1. The molecule has 0 bridgehead atoms. The molecule has 24 heavy (non-hydrogen) atoms. The van der Waals surface area contributed by atoms with E-state index in [0.29, 0.717) is 16.4 Å². The minimum atomic E-state index is -0.445. The second-order valence-electron chi connectivity index (χ2n) is 6.48. The smallest absolute Gasteiger partial charge is 0.261 e. The van der Waals surface area contributed by atoms with E-state index >= 15 is 0 Å². The lowest BCUT2D eigenvalue weighted by Crippen LogP contribution is -2.44. The maximum atomic E-state index is 12.4. The zero-order chi connectivity index (χ0) is 17.5. The first-order chi connectivity index (χ1) is 11.2. The zero-order valence-corrected chi connectivity index (χ0v) is 15.3. The lowest BCUT2D eigenvalue weighted by Gasteiger charge is -2.18. The van der Waals surface area contributed by atoms with Gasteiger partial charge in [-0.15, -0.1) is 11.3 Å². The Hall–Kier alpha value is -1.89. The highest BCUT2D eigenvalue weighted by atomic mass is 35.5. The minimum Gasteiger partial charge on any atom is -0.350 e. The molecule has 0 aliphatic heterocycles. The SMILES string of the molecule is Cc1nn(-c2cccc(Cl)c2)c2sc(C(=O)NCC(C)(C)N)cc12. The molecule has 2 aromatic heterocycles. The van der Waals surface area contributed by atoms with E-state index in [1.807, 2.05) is 55.8 Å². The molecule has 1 aromatic carbocycles. The largest absolute Gasteiger partial charge is 0.350 e. The first kappa shape index (κ1) is 17.0. The summed E-state index contributed by atoms with van der Waals surface area (Å²) in [7, 11) is 0. The van der Waals surface area contributed by atoms with Crippen molar-refractivity contribution in [2.45, 2.75) is 26.3 Å². The first-order valence-electron chi connectivity index (χ1n) is 7.57. The van der Waals surface area contributed by atoms with Crippen molar-refractivity contribution in [1.29, 1.82) is 0 Å². The summed E-state index contributed by atoms with van der Waals surface area (Å²) in [5, 5.41) is 9.05. The van der Waals surface area contributed by atoms with Crippen LogP contribution in [-0.2, 0) is 0 Å². The predicted octanol–water partition coefficient (Wildman–Crippen LogP) is 3.52. The van der Waals surface area contributed by atoms with Crippen molar-refractivity contribution in [3.63, 3.8) is 0 Å². The highest BCUT2D eigenvalue weighted by molar-refractivity contribution is 7.20. The fourth-order valence-corrected chi connectivity index (χ4v) is 3.62. The summed E-state index contributed by atoms with van der Waals surface area (Å²) in [5.41, 5.74) is 7.22.